The molecule has 6 rings (SSSR count). The molecule has 0 aliphatic heterocycles. The van der Waals surface area contributed by atoms with Crippen LogP contribution in [0.25, 0.3) is 43.7 Å². The minimum Gasteiger partial charge on any atom is -0.507 e. The number of hydrogen-bond acceptors (Lipinski definition) is 6. The number of halogens is 3. The highest BCUT2D eigenvalue weighted by atomic mass is 19.4. The van der Waals surface area contributed by atoms with E-state index in [-0.39, 0.29) is 39.6 Å². The van der Waals surface area contributed by atoms with Crippen molar-refractivity contribution in [2.75, 3.05) is 0 Å². The Morgan fingerprint density at radius 2 is 1.51 bits per heavy atom. The highest BCUT2D eigenvalue weighted by Crippen LogP contribution is 2.41. The number of fused-ring (bicyclic) bond motifs is 3. The van der Waals surface area contributed by atoms with Crippen LogP contribution in [0.3, 0.4) is 0 Å². The summed E-state index contributed by atoms with van der Waals surface area (Å²) in [5.74, 6) is -0.0222. The van der Waals surface area contributed by atoms with Gasteiger partial charge in [-0.05, 0) is 41.3 Å². The van der Waals surface area contributed by atoms with Crippen molar-refractivity contribution in [1.82, 2.24) is 15.0 Å². The Kier molecular flexibility index (Phi) is 5.08. The Balaban J connectivity index is 1.40. The molecule has 0 aliphatic carbocycles. The van der Waals surface area contributed by atoms with Gasteiger partial charge in [-0.2, -0.15) is 13.2 Å². The van der Waals surface area contributed by atoms with Crippen molar-refractivity contribution in [3.63, 3.8) is 0 Å². The van der Waals surface area contributed by atoms with Gasteiger partial charge in [-0.15, -0.1) is 0 Å². The van der Waals surface area contributed by atoms with Gasteiger partial charge in [0.15, 0.2) is 11.5 Å². The average Bonchev–Trinajstić information content (AvgIpc) is 2.89. The predicted octanol–water partition coefficient (Wildman–Crippen LogP) is 7.22. The van der Waals surface area contributed by atoms with E-state index >= 15 is 0 Å². The van der Waals surface area contributed by atoms with Crippen molar-refractivity contribution in [2.24, 2.45) is 0 Å². The number of pyridine rings is 3. The van der Waals surface area contributed by atoms with Gasteiger partial charge in [0.25, 0.3) is 0 Å². The lowest BCUT2D eigenvalue weighted by atomic mass is 10.00. The molecule has 0 unspecified atom stereocenters. The quantitative estimate of drug-likeness (QED) is 0.267. The van der Waals surface area contributed by atoms with Crippen LogP contribution >= 0.6 is 0 Å². The third-order valence-electron chi connectivity index (χ3n) is 6.11. The molecule has 182 valence electrons. The van der Waals surface area contributed by atoms with Crippen LogP contribution in [0.5, 0.6) is 23.1 Å². The van der Waals surface area contributed by atoms with Crippen molar-refractivity contribution in [3.05, 3.63) is 90.9 Å². The van der Waals surface area contributed by atoms with E-state index in [0.29, 0.717) is 21.9 Å². The number of aromatic nitrogens is 3. The SMILES string of the molecule is Oc1c(Oc2cc3cc(-c4cnc5c(C(F)(F)F)cccc5c4O)ccc3cn2)cnc2ccccc12. The molecule has 6 aromatic rings. The number of alkyl halides is 3. The normalized spacial score (nSPS) is 11.9. The van der Waals surface area contributed by atoms with Gasteiger partial charge in [0.1, 0.15) is 5.75 Å². The molecule has 0 bridgehead atoms. The van der Waals surface area contributed by atoms with Crippen LogP contribution in [-0.2, 0) is 6.18 Å². The van der Waals surface area contributed by atoms with Crippen LogP contribution in [-0.4, -0.2) is 25.2 Å². The molecule has 9 heteroatoms. The first-order valence-corrected chi connectivity index (χ1v) is 11.1. The van der Waals surface area contributed by atoms with E-state index < -0.39 is 11.7 Å². The molecule has 3 aromatic carbocycles. The Morgan fingerprint density at radius 1 is 0.703 bits per heavy atom. The molecule has 3 aromatic heterocycles. The fraction of sp³-hybridized carbons (Fsp3) is 0.0357. The fourth-order valence-corrected chi connectivity index (χ4v) is 4.29. The Labute approximate surface area is 207 Å². The molecule has 0 atom stereocenters. The summed E-state index contributed by atoms with van der Waals surface area (Å²) in [6, 6.07) is 17.6. The maximum absolute atomic E-state index is 13.4. The molecular weight excluding hydrogens is 483 g/mol. The molecule has 0 radical (unpaired) electrons. The minimum absolute atomic E-state index is 0.00505. The monoisotopic (exact) mass is 499 g/mol. The summed E-state index contributed by atoms with van der Waals surface area (Å²) in [5.41, 5.74) is 0.216. The molecule has 0 aliphatic rings. The second kappa shape index (κ2) is 8.34. The lowest BCUT2D eigenvalue weighted by Gasteiger charge is -2.13. The first-order valence-electron chi connectivity index (χ1n) is 11.1. The fourth-order valence-electron chi connectivity index (χ4n) is 4.29. The molecule has 0 saturated carbocycles. The van der Waals surface area contributed by atoms with E-state index in [0.717, 1.165) is 11.5 Å². The van der Waals surface area contributed by atoms with Gasteiger partial charge < -0.3 is 14.9 Å². The Bertz CT molecular complexity index is 1840. The summed E-state index contributed by atoms with van der Waals surface area (Å²) in [4.78, 5) is 12.6. The maximum atomic E-state index is 13.4. The van der Waals surface area contributed by atoms with Crippen molar-refractivity contribution in [1.29, 1.82) is 0 Å². The van der Waals surface area contributed by atoms with Gasteiger partial charge >= 0.3 is 6.18 Å². The number of hydrogen-bond donors (Lipinski definition) is 2. The number of rotatable bonds is 3. The topological polar surface area (TPSA) is 88.4 Å². The van der Waals surface area contributed by atoms with Gasteiger partial charge in [-0.3, -0.25) is 9.97 Å². The van der Waals surface area contributed by atoms with Crippen LogP contribution in [0.1, 0.15) is 5.56 Å². The van der Waals surface area contributed by atoms with Gasteiger partial charge in [0, 0.05) is 40.2 Å². The molecule has 6 nitrogen and oxygen atoms in total. The predicted molar refractivity (Wildman–Crippen MR) is 133 cm³/mol. The van der Waals surface area contributed by atoms with E-state index in [1.165, 1.54) is 24.5 Å². The van der Waals surface area contributed by atoms with E-state index in [1.54, 1.807) is 48.7 Å². The molecule has 0 spiro atoms. The van der Waals surface area contributed by atoms with Crippen molar-refractivity contribution in [2.45, 2.75) is 6.18 Å². The first-order chi connectivity index (χ1) is 17.8. The summed E-state index contributed by atoms with van der Waals surface area (Å²) < 4.78 is 46.0. The standard InChI is InChI=1S/C28H16F3N3O3/c29-28(30,31)21-6-3-5-19-25(21)34-13-20(26(19)35)15-8-9-16-12-33-24(11-17(16)10-15)37-23-14-32-22-7-2-1-4-18(22)27(23)36/h1-14H,(H,32,36)(H,34,35). The van der Waals surface area contributed by atoms with Crippen LogP contribution in [0.15, 0.2) is 85.3 Å². The average molecular weight is 499 g/mol. The number of para-hydroxylation sites is 2. The third kappa shape index (κ3) is 3.90. The van der Waals surface area contributed by atoms with Crippen LogP contribution < -0.4 is 4.74 Å². The highest BCUT2D eigenvalue weighted by molar-refractivity contribution is 5.96. The minimum atomic E-state index is -4.60. The molecular formula is C28H16F3N3O3. The van der Waals surface area contributed by atoms with E-state index in [4.69, 9.17) is 4.74 Å². The molecule has 0 saturated heterocycles. The zero-order valence-corrected chi connectivity index (χ0v) is 18.9. The summed E-state index contributed by atoms with van der Waals surface area (Å²) in [5, 5.41) is 23.5. The van der Waals surface area contributed by atoms with Gasteiger partial charge in [-0.1, -0.05) is 30.3 Å². The number of aromatic hydroxyl groups is 2. The lowest BCUT2D eigenvalue weighted by Crippen LogP contribution is -2.06. The summed E-state index contributed by atoms with van der Waals surface area (Å²) >= 11 is 0. The summed E-state index contributed by atoms with van der Waals surface area (Å²) in [7, 11) is 0. The Morgan fingerprint density at radius 3 is 2.35 bits per heavy atom. The molecule has 2 N–H and O–H groups in total. The Hall–Kier alpha value is -4.92. The maximum Gasteiger partial charge on any atom is 0.418 e. The first kappa shape index (κ1) is 22.5. The van der Waals surface area contributed by atoms with Crippen molar-refractivity contribution < 1.29 is 28.1 Å². The van der Waals surface area contributed by atoms with Gasteiger partial charge in [0.2, 0.25) is 5.88 Å². The van der Waals surface area contributed by atoms with Crippen LogP contribution in [0.4, 0.5) is 13.2 Å². The smallest absolute Gasteiger partial charge is 0.418 e. The van der Waals surface area contributed by atoms with Crippen LogP contribution in [0.2, 0.25) is 0 Å². The largest absolute Gasteiger partial charge is 0.507 e. The molecule has 3 heterocycles. The number of ether oxygens (including phenoxy) is 1. The van der Waals surface area contributed by atoms with E-state index in [9.17, 15) is 23.4 Å². The molecule has 0 amide bonds. The van der Waals surface area contributed by atoms with Crippen molar-refractivity contribution >= 4 is 32.6 Å². The molecule has 37 heavy (non-hydrogen) atoms. The van der Waals surface area contributed by atoms with Crippen molar-refractivity contribution in [3.8, 4) is 34.3 Å². The van der Waals surface area contributed by atoms with Gasteiger partial charge in [-0.25, -0.2) is 4.98 Å². The molecule has 0 fully saturated rings. The zero-order valence-electron chi connectivity index (χ0n) is 18.9. The third-order valence-corrected chi connectivity index (χ3v) is 6.11. The second-order valence-electron chi connectivity index (χ2n) is 8.39. The van der Waals surface area contributed by atoms with Gasteiger partial charge in [0.05, 0.1) is 22.8 Å². The summed E-state index contributed by atoms with van der Waals surface area (Å²) in [6.45, 7) is 0. The number of benzene rings is 3. The van der Waals surface area contributed by atoms with E-state index in [1.807, 2.05) is 6.07 Å². The lowest BCUT2D eigenvalue weighted by molar-refractivity contribution is -0.136. The van der Waals surface area contributed by atoms with Crippen LogP contribution in [0, 0.1) is 0 Å². The highest BCUT2D eigenvalue weighted by Gasteiger charge is 2.33. The van der Waals surface area contributed by atoms with E-state index in [2.05, 4.69) is 15.0 Å². The second-order valence-corrected chi connectivity index (χ2v) is 8.39. The number of nitrogens with zero attached hydrogens (tertiary/aromatic N) is 3. The zero-order chi connectivity index (χ0) is 25.7. The summed E-state index contributed by atoms with van der Waals surface area (Å²) in [6.07, 6.45) is -0.366.